The van der Waals surface area contributed by atoms with Gasteiger partial charge in [-0.3, -0.25) is 9.97 Å². The maximum atomic E-state index is 10.6. The average molecular weight is 338 g/mol. The predicted octanol–water partition coefficient (Wildman–Crippen LogP) is 3.55. The molecule has 5 heteroatoms. The van der Waals surface area contributed by atoms with Crippen molar-refractivity contribution in [3.05, 3.63) is 59.8 Å². The lowest BCUT2D eigenvalue weighted by molar-refractivity contribution is -0.107. The number of ether oxygens (including phenoxy) is 2. The van der Waals surface area contributed by atoms with Gasteiger partial charge in [0.15, 0.2) is 0 Å². The third-order valence-electron chi connectivity index (χ3n) is 3.87. The van der Waals surface area contributed by atoms with Gasteiger partial charge in [-0.2, -0.15) is 0 Å². The van der Waals surface area contributed by atoms with Crippen LogP contribution in [-0.2, 0) is 20.7 Å². The molecule has 0 fully saturated rings. The van der Waals surface area contributed by atoms with Gasteiger partial charge in [0.1, 0.15) is 18.1 Å². The number of rotatable bonds is 8. The molecule has 2 heterocycles. The molecule has 25 heavy (non-hydrogen) atoms. The van der Waals surface area contributed by atoms with E-state index in [0.717, 1.165) is 34.4 Å². The van der Waals surface area contributed by atoms with Crippen molar-refractivity contribution < 1.29 is 14.3 Å². The molecule has 0 radical (unpaired) electrons. The van der Waals surface area contributed by atoms with E-state index in [-0.39, 0.29) is 6.10 Å². The molecule has 0 N–H and O–H groups in total. The normalized spacial score (nSPS) is 12.5. The number of pyridine rings is 2. The van der Waals surface area contributed by atoms with Gasteiger partial charge in [0, 0.05) is 37.1 Å². The van der Waals surface area contributed by atoms with Gasteiger partial charge in [0.2, 0.25) is 0 Å². The summed E-state index contributed by atoms with van der Waals surface area (Å²) in [5.74, 6) is 0.693. The van der Waals surface area contributed by atoms with E-state index in [1.54, 1.807) is 32.7 Å². The summed E-state index contributed by atoms with van der Waals surface area (Å²) >= 11 is 0. The summed E-state index contributed by atoms with van der Waals surface area (Å²) in [4.78, 5) is 19.4. The van der Waals surface area contributed by atoms with Crippen LogP contribution in [0, 0.1) is 0 Å². The van der Waals surface area contributed by atoms with Gasteiger partial charge in [-0.25, -0.2) is 0 Å². The van der Waals surface area contributed by atoms with Crippen LogP contribution >= 0.6 is 0 Å². The van der Waals surface area contributed by atoms with E-state index in [2.05, 4.69) is 16.5 Å². The molecule has 2 aromatic heterocycles. The first-order valence-electron chi connectivity index (χ1n) is 7.92. The maximum absolute atomic E-state index is 10.6. The molecular weight excluding hydrogens is 316 g/mol. The number of carbonyl (C=O) groups excluding carboxylic acids is 1. The minimum Gasteiger partial charge on any atom is -0.498 e. The molecule has 5 nitrogen and oxygen atoms in total. The van der Waals surface area contributed by atoms with Crippen LogP contribution in [0.15, 0.2) is 42.9 Å². The largest absolute Gasteiger partial charge is 0.498 e. The van der Waals surface area contributed by atoms with E-state index in [0.29, 0.717) is 12.2 Å². The molecule has 1 atom stereocenters. The van der Waals surface area contributed by atoms with Crippen molar-refractivity contribution in [2.75, 3.05) is 14.2 Å². The highest BCUT2D eigenvalue weighted by molar-refractivity contribution is 5.70. The first-order valence-corrected chi connectivity index (χ1v) is 7.92. The summed E-state index contributed by atoms with van der Waals surface area (Å²) in [6.07, 6.45) is 8.09. The smallest absolute Gasteiger partial charge is 0.125 e. The number of aldehydes is 1. The topological polar surface area (TPSA) is 61.3 Å². The third-order valence-corrected chi connectivity index (χ3v) is 3.87. The molecule has 0 aromatic carbocycles. The van der Waals surface area contributed by atoms with Gasteiger partial charge in [-0.15, -0.1) is 0 Å². The highest BCUT2D eigenvalue weighted by Gasteiger charge is 2.11. The Hall–Kier alpha value is -2.79. The SMILES string of the molecule is C=Cc1ncc(-c2ccc(CC=O)cn2)cc1/C=C(/OC)[C@H](C)OC. The van der Waals surface area contributed by atoms with Crippen molar-refractivity contribution >= 4 is 18.4 Å². The van der Waals surface area contributed by atoms with E-state index in [1.165, 1.54) is 0 Å². The van der Waals surface area contributed by atoms with Crippen molar-refractivity contribution in [1.29, 1.82) is 0 Å². The van der Waals surface area contributed by atoms with E-state index < -0.39 is 0 Å². The van der Waals surface area contributed by atoms with Crippen LogP contribution in [0.3, 0.4) is 0 Å². The summed E-state index contributed by atoms with van der Waals surface area (Å²) in [7, 11) is 3.24. The van der Waals surface area contributed by atoms with Gasteiger partial charge in [-0.05, 0) is 36.8 Å². The second-order valence-electron chi connectivity index (χ2n) is 5.45. The second-order valence-corrected chi connectivity index (χ2v) is 5.45. The predicted molar refractivity (Wildman–Crippen MR) is 98.8 cm³/mol. The van der Waals surface area contributed by atoms with Crippen molar-refractivity contribution in [3.63, 3.8) is 0 Å². The van der Waals surface area contributed by atoms with Crippen LogP contribution in [0.1, 0.15) is 23.7 Å². The molecule has 0 saturated heterocycles. The summed E-state index contributed by atoms with van der Waals surface area (Å²) in [5.41, 5.74) is 4.15. The van der Waals surface area contributed by atoms with Crippen molar-refractivity contribution in [2.45, 2.75) is 19.4 Å². The van der Waals surface area contributed by atoms with Crippen LogP contribution in [0.25, 0.3) is 23.4 Å². The third kappa shape index (κ3) is 4.61. The second kappa shape index (κ2) is 8.89. The Kier molecular flexibility index (Phi) is 6.60. The summed E-state index contributed by atoms with van der Waals surface area (Å²) in [6, 6.07) is 5.75. The lowest BCUT2D eigenvalue weighted by atomic mass is 10.1. The highest BCUT2D eigenvalue weighted by atomic mass is 16.5. The number of hydrogen-bond acceptors (Lipinski definition) is 5. The fourth-order valence-electron chi connectivity index (χ4n) is 2.34. The standard InChI is InChI=1S/C20H22N2O3/c1-5-18-16(11-20(25-4)14(2)24-3)10-17(13-22-18)19-7-6-15(8-9-23)12-21-19/h5-7,9-14H,1,8H2,2-4H3/b20-11+/t14-/m0/s1. The van der Waals surface area contributed by atoms with Gasteiger partial charge < -0.3 is 14.3 Å². The Morgan fingerprint density at radius 3 is 2.64 bits per heavy atom. The number of hydrogen-bond donors (Lipinski definition) is 0. The van der Waals surface area contributed by atoms with Gasteiger partial charge in [-0.1, -0.05) is 12.6 Å². The van der Waals surface area contributed by atoms with Crippen LogP contribution in [-0.4, -0.2) is 36.6 Å². The molecule has 0 aliphatic heterocycles. The number of nitrogens with zero attached hydrogens (tertiary/aromatic N) is 2. The molecule has 0 aliphatic carbocycles. The molecule has 0 bridgehead atoms. The van der Waals surface area contributed by atoms with Gasteiger partial charge in [0.25, 0.3) is 0 Å². The van der Waals surface area contributed by atoms with Crippen molar-refractivity contribution in [1.82, 2.24) is 9.97 Å². The minimum atomic E-state index is -0.174. The fourth-order valence-corrected chi connectivity index (χ4v) is 2.34. The first kappa shape index (κ1) is 18.5. The van der Waals surface area contributed by atoms with Crippen molar-refractivity contribution in [2.24, 2.45) is 0 Å². The number of methoxy groups -OCH3 is 2. The fraction of sp³-hybridized carbons (Fsp3) is 0.250. The molecule has 0 saturated carbocycles. The summed E-state index contributed by atoms with van der Waals surface area (Å²) in [6.45, 7) is 5.72. The van der Waals surface area contributed by atoms with Crippen LogP contribution in [0.5, 0.6) is 0 Å². The minimum absolute atomic E-state index is 0.174. The molecule has 0 spiro atoms. The molecule has 0 amide bonds. The van der Waals surface area contributed by atoms with E-state index in [1.807, 2.05) is 31.2 Å². The summed E-state index contributed by atoms with van der Waals surface area (Å²) in [5, 5.41) is 0. The van der Waals surface area contributed by atoms with Gasteiger partial charge >= 0.3 is 0 Å². The van der Waals surface area contributed by atoms with Crippen LogP contribution in [0.4, 0.5) is 0 Å². The molecule has 2 rings (SSSR count). The maximum Gasteiger partial charge on any atom is 0.125 e. The average Bonchev–Trinajstić information content (AvgIpc) is 2.66. The zero-order chi connectivity index (χ0) is 18.2. The van der Waals surface area contributed by atoms with E-state index in [9.17, 15) is 4.79 Å². The lowest BCUT2D eigenvalue weighted by Gasteiger charge is -2.14. The molecule has 2 aromatic rings. The Bertz CT molecular complexity index is 767. The zero-order valence-electron chi connectivity index (χ0n) is 14.7. The highest BCUT2D eigenvalue weighted by Crippen LogP contribution is 2.23. The Labute approximate surface area is 148 Å². The number of aromatic nitrogens is 2. The molecular formula is C20H22N2O3. The lowest BCUT2D eigenvalue weighted by Crippen LogP contribution is -2.10. The summed E-state index contributed by atoms with van der Waals surface area (Å²) < 4.78 is 10.7. The Balaban J connectivity index is 2.44. The Morgan fingerprint density at radius 2 is 2.08 bits per heavy atom. The van der Waals surface area contributed by atoms with Crippen LogP contribution in [0.2, 0.25) is 0 Å². The molecule has 0 aliphatic rings. The monoisotopic (exact) mass is 338 g/mol. The Morgan fingerprint density at radius 1 is 1.28 bits per heavy atom. The molecule has 130 valence electrons. The van der Waals surface area contributed by atoms with Gasteiger partial charge in [0.05, 0.1) is 18.5 Å². The zero-order valence-corrected chi connectivity index (χ0v) is 14.7. The quantitative estimate of drug-likeness (QED) is 0.544. The first-order chi connectivity index (χ1) is 12.1. The van der Waals surface area contributed by atoms with Crippen LogP contribution < -0.4 is 0 Å². The van der Waals surface area contributed by atoms with E-state index >= 15 is 0 Å². The van der Waals surface area contributed by atoms with Crippen molar-refractivity contribution in [3.8, 4) is 11.3 Å². The van der Waals surface area contributed by atoms with E-state index in [4.69, 9.17) is 9.47 Å². The number of carbonyl (C=O) groups is 1. The molecule has 0 unspecified atom stereocenters.